The molecule has 1 saturated heterocycles. The molecule has 1 N–H and O–H groups in total. The number of nitrogens with zero attached hydrogens (tertiary/aromatic N) is 2. The summed E-state index contributed by atoms with van der Waals surface area (Å²) in [4.78, 5) is 4.22. The number of methoxy groups -OCH3 is 1. The van der Waals surface area contributed by atoms with Crippen LogP contribution in [0.3, 0.4) is 0 Å². The Morgan fingerprint density at radius 3 is 2.61 bits per heavy atom. The summed E-state index contributed by atoms with van der Waals surface area (Å²) in [6.07, 6.45) is 5.76. The van der Waals surface area contributed by atoms with E-state index in [0.29, 0.717) is 18.0 Å². The SMILES string of the molecule is COc1ccc(CNN2C(C)CCCC2C)cn1. The van der Waals surface area contributed by atoms with Crippen LogP contribution < -0.4 is 10.2 Å². The summed E-state index contributed by atoms with van der Waals surface area (Å²) in [5.74, 6) is 0.665. The molecule has 18 heavy (non-hydrogen) atoms. The van der Waals surface area contributed by atoms with E-state index in [0.717, 1.165) is 6.54 Å². The lowest BCUT2D eigenvalue weighted by molar-refractivity contribution is 0.0435. The standard InChI is InChI=1S/C14H23N3O/c1-11-5-4-6-12(2)17(11)16-10-13-7-8-14(18-3)15-9-13/h7-9,11-12,16H,4-6,10H2,1-3H3. The number of pyridine rings is 1. The Morgan fingerprint density at radius 1 is 1.33 bits per heavy atom. The minimum atomic E-state index is 0.611. The Hall–Kier alpha value is -1.13. The molecule has 0 saturated carbocycles. The summed E-state index contributed by atoms with van der Waals surface area (Å²) >= 11 is 0. The molecule has 0 amide bonds. The van der Waals surface area contributed by atoms with E-state index in [4.69, 9.17) is 4.74 Å². The fourth-order valence-corrected chi connectivity index (χ4v) is 2.55. The molecule has 4 heteroatoms. The molecule has 1 aromatic heterocycles. The molecule has 0 radical (unpaired) electrons. The fraction of sp³-hybridized carbons (Fsp3) is 0.643. The van der Waals surface area contributed by atoms with Crippen molar-refractivity contribution in [2.24, 2.45) is 0 Å². The van der Waals surface area contributed by atoms with Gasteiger partial charge in [-0.2, -0.15) is 0 Å². The van der Waals surface area contributed by atoms with Gasteiger partial charge in [0.1, 0.15) is 0 Å². The smallest absolute Gasteiger partial charge is 0.212 e. The molecule has 2 heterocycles. The highest BCUT2D eigenvalue weighted by atomic mass is 16.5. The van der Waals surface area contributed by atoms with Gasteiger partial charge >= 0.3 is 0 Å². The predicted octanol–water partition coefficient (Wildman–Crippen LogP) is 2.36. The lowest BCUT2D eigenvalue weighted by atomic mass is 10.00. The second-order valence-electron chi connectivity index (χ2n) is 5.08. The van der Waals surface area contributed by atoms with Crippen molar-refractivity contribution in [2.75, 3.05) is 7.11 Å². The number of rotatable bonds is 4. The minimum Gasteiger partial charge on any atom is -0.481 e. The molecule has 2 rings (SSSR count). The van der Waals surface area contributed by atoms with E-state index < -0.39 is 0 Å². The third-order valence-corrected chi connectivity index (χ3v) is 3.67. The van der Waals surface area contributed by atoms with Gasteiger partial charge in [0, 0.05) is 30.9 Å². The number of piperidine rings is 1. The first-order valence-electron chi connectivity index (χ1n) is 6.71. The molecule has 2 atom stereocenters. The topological polar surface area (TPSA) is 37.4 Å². The lowest BCUT2D eigenvalue weighted by Crippen LogP contribution is -2.51. The van der Waals surface area contributed by atoms with Crippen LogP contribution in [0, 0.1) is 0 Å². The Kier molecular flexibility index (Phi) is 4.55. The van der Waals surface area contributed by atoms with E-state index in [1.165, 1.54) is 24.8 Å². The van der Waals surface area contributed by atoms with E-state index >= 15 is 0 Å². The molecular formula is C14H23N3O. The molecule has 1 aliphatic heterocycles. The first kappa shape index (κ1) is 13.3. The monoisotopic (exact) mass is 249 g/mol. The number of ether oxygens (including phenoxy) is 1. The van der Waals surface area contributed by atoms with Crippen molar-refractivity contribution in [3.8, 4) is 5.88 Å². The molecule has 0 aromatic carbocycles. The van der Waals surface area contributed by atoms with Crippen LogP contribution in [0.25, 0.3) is 0 Å². The summed E-state index contributed by atoms with van der Waals surface area (Å²) < 4.78 is 5.06. The maximum Gasteiger partial charge on any atom is 0.212 e. The molecule has 1 fully saturated rings. The summed E-state index contributed by atoms with van der Waals surface area (Å²) in [5, 5.41) is 2.38. The number of hydrogen-bond donors (Lipinski definition) is 1. The maximum absolute atomic E-state index is 5.06. The van der Waals surface area contributed by atoms with Crippen LogP contribution in [0.4, 0.5) is 0 Å². The third kappa shape index (κ3) is 3.21. The number of hydrazine groups is 1. The first-order chi connectivity index (χ1) is 8.70. The molecule has 0 spiro atoms. The third-order valence-electron chi connectivity index (χ3n) is 3.67. The molecule has 2 unspecified atom stereocenters. The molecule has 100 valence electrons. The summed E-state index contributed by atoms with van der Waals surface area (Å²) in [6, 6.07) is 5.18. The summed E-state index contributed by atoms with van der Waals surface area (Å²) in [7, 11) is 1.64. The molecule has 1 aromatic rings. The highest BCUT2D eigenvalue weighted by Crippen LogP contribution is 2.20. The van der Waals surface area contributed by atoms with Gasteiger partial charge in [-0.3, -0.25) is 5.43 Å². The maximum atomic E-state index is 5.06. The van der Waals surface area contributed by atoms with E-state index in [-0.39, 0.29) is 0 Å². The van der Waals surface area contributed by atoms with Gasteiger partial charge in [-0.15, -0.1) is 0 Å². The van der Waals surface area contributed by atoms with Gasteiger partial charge in [0.2, 0.25) is 5.88 Å². The van der Waals surface area contributed by atoms with Crippen LogP contribution in [0.15, 0.2) is 18.3 Å². The average molecular weight is 249 g/mol. The molecule has 4 nitrogen and oxygen atoms in total. The van der Waals surface area contributed by atoms with Crippen LogP contribution in [-0.2, 0) is 6.54 Å². The van der Waals surface area contributed by atoms with E-state index in [2.05, 4.69) is 35.3 Å². The summed E-state index contributed by atoms with van der Waals surface area (Å²) in [5.41, 5.74) is 4.71. The van der Waals surface area contributed by atoms with Crippen LogP contribution >= 0.6 is 0 Å². The highest BCUT2D eigenvalue weighted by molar-refractivity contribution is 5.17. The Balaban J connectivity index is 1.89. The lowest BCUT2D eigenvalue weighted by Gasteiger charge is -2.39. The molecule has 0 aliphatic carbocycles. The van der Waals surface area contributed by atoms with E-state index in [9.17, 15) is 0 Å². The van der Waals surface area contributed by atoms with Gasteiger partial charge in [-0.1, -0.05) is 12.5 Å². The zero-order chi connectivity index (χ0) is 13.0. The fourth-order valence-electron chi connectivity index (χ4n) is 2.55. The average Bonchev–Trinajstić information content (AvgIpc) is 2.39. The first-order valence-corrected chi connectivity index (χ1v) is 6.71. The number of hydrogen-bond acceptors (Lipinski definition) is 4. The van der Waals surface area contributed by atoms with Crippen molar-refractivity contribution in [1.29, 1.82) is 0 Å². The van der Waals surface area contributed by atoms with E-state index in [1.54, 1.807) is 7.11 Å². The predicted molar refractivity (Wildman–Crippen MR) is 72.2 cm³/mol. The van der Waals surface area contributed by atoms with Gasteiger partial charge in [0.05, 0.1) is 7.11 Å². The van der Waals surface area contributed by atoms with Gasteiger partial charge in [0.25, 0.3) is 0 Å². The zero-order valence-corrected chi connectivity index (χ0v) is 11.5. The van der Waals surface area contributed by atoms with E-state index in [1.807, 2.05) is 12.3 Å². The van der Waals surface area contributed by atoms with Crippen LogP contribution in [-0.4, -0.2) is 29.2 Å². The molecule has 0 bridgehead atoms. The second-order valence-corrected chi connectivity index (χ2v) is 5.08. The highest BCUT2D eigenvalue weighted by Gasteiger charge is 2.23. The van der Waals surface area contributed by atoms with Crippen LogP contribution in [0.1, 0.15) is 38.7 Å². The second kappa shape index (κ2) is 6.16. The minimum absolute atomic E-state index is 0.611. The Bertz CT molecular complexity index is 356. The molecule has 1 aliphatic rings. The van der Waals surface area contributed by atoms with Crippen LogP contribution in [0.5, 0.6) is 5.88 Å². The van der Waals surface area contributed by atoms with Gasteiger partial charge in [0.15, 0.2) is 0 Å². The number of nitrogens with one attached hydrogen (secondary N) is 1. The van der Waals surface area contributed by atoms with Crippen molar-refractivity contribution < 1.29 is 4.74 Å². The largest absolute Gasteiger partial charge is 0.481 e. The van der Waals surface area contributed by atoms with Crippen molar-refractivity contribution >= 4 is 0 Å². The quantitative estimate of drug-likeness (QED) is 0.889. The van der Waals surface area contributed by atoms with Crippen LogP contribution in [0.2, 0.25) is 0 Å². The Labute approximate surface area is 109 Å². The van der Waals surface area contributed by atoms with Crippen molar-refractivity contribution in [3.63, 3.8) is 0 Å². The number of aromatic nitrogens is 1. The molecular weight excluding hydrogens is 226 g/mol. The van der Waals surface area contributed by atoms with Gasteiger partial charge in [-0.05, 0) is 32.3 Å². The van der Waals surface area contributed by atoms with Gasteiger partial charge < -0.3 is 4.74 Å². The zero-order valence-electron chi connectivity index (χ0n) is 11.5. The normalized spacial score (nSPS) is 25.1. The van der Waals surface area contributed by atoms with Gasteiger partial charge in [-0.25, -0.2) is 9.99 Å². The van der Waals surface area contributed by atoms with Crippen molar-refractivity contribution in [3.05, 3.63) is 23.9 Å². The van der Waals surface area contributed by atoms with Crippen molar-refractivity contribution in [1.82, 2.24) is 15.4 Å². The summed E-state index contributed by atoms with van der Waals surface area (Å²) in [6.45, 7) is 5.40. The Morgan fingerprint density at radius 2 is 2.06 bits per heavy atom. The van der Waals surface area contributed by atoms with Crippen molar-refractivity contribution in [2.45, 2.75) is 51.7 Å².